The van der Waals surface area contributed by atoms with Crippen LogP contribution in [0.25, 0.3) is 52.8 Å². The van der Waals surface area contributed by atoms with Gasteiger partial charge in [-0.1, -0.05) is 64.2 Å². The first-order valence-electron chi connectivity index (χ1n) is 10.8. The van der Waals surface area contributed by atoms with Gasteiger partial charge in [-0.15, -0.1) is 0 Å². The molecule has 0 aliphatic rings. The normalized spacial score (nSPS) is 13.6. The number of benzene rings is 4. The molecule has 0 fully saturated rings. The maximum absolute atomic E-state index is 6.28. The highest BCUT2D eigenvalue weighted by molar-refractivity contribution is 7.24. The van der Waals surface area contributed by atoms with Crippen molar-refractivity contribution in [1.82, 2.24) is 9.97 Å². The van der Waals surface area contributed by atoms with Crippen LogP contribution in [-0.2, 0) is 10.8 Å². The summed E-state index contributed by atoms with van der Waals surface area (Å²) in [5.74, 6) is 0. The SMILES string of the molecule is CC(C)(C)c1cc2c3nc(N)sc3c3cc(C(C)(C)C)cc4c5nc(N)sc5c(c1)c2c43. The minimum absolute atomic E-state index is 0.000300. The highest BCUT2D eigenvalue weighted by atomic mass is 32.1. The summed E-state index contributed by atoms with van der Waals surface area (Å²) in [7, 11) is 0. The molecule has 0 aliphatic heterocycles. The first-order chi connectivity index (χ1) is 14.9. The Bertz CT molecular complexity index is 1480. The third-order valence-electron chi connectivity index (χ3n) is 6.55. The Kier molecular flexibility index (Phi) is 3.74. The number of nitrogens with two attached hydrogens (primary N) is 2. The molecule has 162 valence electrons. The van der Waals surface area contributed by atoms with E-state index in [-0.39, 0.29) is 10.8 Å². The van der Waals surface area contributed by atoms with E-state index in [0.29, 0.717) is 10.3 Å². The lowest BCUT2D eigenvalue weighted by atomic mass is 9.81. The topological polar surface area (TPSA) is 77.8 Å². The van der Waals surface area contributed by atoms with Crippen molar-refractivity contribution in [3.8, 4) is 0 Å². The predicted molar refractivity (Wildman–Crippen MR) is 143 cm³/mol. The van der Waals surface area contributed by atoms with Gasteiger partial charge in [0.05, 0.1) is 20.4 Å². The van der Waals surface area contributed by atoms with Crippen molar-refractivity contribution in [2.45, 2.75) is 52.4 Å². The van der Waals surface area contributed by atoms with Gasteiger partial charge >= 0.3 is 0 Å². The maximum Gasteiger partial charge on any atom is 0.181 e. The van der Waals surface area contributed by atoms with Gasteiger partial charge in [-0.2, -0.15) is 0 Å². The fraction of sp³-hybridized carbons (Fsp3) is 0.308. The van der Waals surface area contributed by atoms with Gasteiger partial charge in [0.1, 0.15) is 0 Å². The summed E-state index contributed by atoms with van der Waals surface area (Å²) in [5, 5.41) is 8.48. The minimum Gasteiger partial charge on any atom is -0.375 e. The van der Waals surface area contributed by atoms with Crippen LogP contribution in [0.2, 0.25) is 0 Å². The molecular formula is C26H26N4S2. The highest BCUT2D eigenvalue weighted by Crippen LogP contribution is 2.49. The summed E-state index contributed by atoms with van der Waals surface area (Å²) < 4.78 is 2.31. The van der Waals surface area contributed by atoms with E-state index in [1.165, 1.54) is 43.4 Å². The van der Waals surface area contributed by atoms with Gasteiger partial charge in [-0.25, -0.2) is 9.97 Å². The van der Waals surface area contributed by atoms with Gasteiger partial charge in [0.2, 0.25) is 0 Å². The highest BCUT2D eigenvalue weighted by Gasteiger charge is 2.26. The van der Waals surface area contributed by atoms with E-state index in [2.05, 4.69) is 65.8 Å². The molecule has 4 N–H and O–H groups in total. The van der Waals surface area contributed by atoms with Gasteiger partial charge in [0.25, 0.3) is 0 Å². The van der Waals surface area contributed by atoms with Crippen LogP contribution in [-0.4, -0.2) is 9.97 Å². The molecular weight excluding hydrogens is 432 g/mol. The number of nitrogens with zero attached hydrogens (tertiary/aromatic N) is 2. The van der Waals surface area contributed by atoms with E-state index in [1.807, 2.05) is 0 Å². The Hall–Kier alpha value is -2.70. The Labute approximate surface area is 194 Å². The quantitative estimate of drug-likeness (QED) is 0.230. The number of rotatable bonds is 0. The second kappa shape index (κ2) is 6.00. The smallest absolute Gasteiger partial charge is 0.181 e. The Morgan fingerprint density at radius 3 is 1.28 bits per heavy atom. The predicted octanol–water partition coefficient (Wildman–Crippen LogP) is 7.56. The second-order valence-electron chi connectivity index (χ2n) is 10.9. The standard InChI is InChI=1S/C26H26N4S2/c1-25(2,3)11-7-13-17-15(9-11)21-20(30-24(28)31-21)14-8-12(26(4,5)6)10-16(18(14)17)22-19(13)29-23(27)32-22/h7-10H,1-6H3,(H2,27,29)(H2,28,30). The number of fused-ring (bicyclic) bond motifs is 6. The van der Waals surface area contributed by atoms with Crippen molar-refractivity contribution in [3.63, 3.8) is 0 Å². The van der Waals surface area contributed by atoms with Crippen LogP contribution in [0.15, 0.2) is 24.3 Å². The zero-order valence-electron chi connectivity index (χ0n) is 19.2. The molecule has 0 amide bonds. The van der Waals surface area contributed by atoms with Crippen LogP contribution < -0.4 is 11.5 Å². The Balaban J connectivity index is 2.02. The van der Waals surface area contributed by atoms with Crippen LogP contribution in [0.3, 0.4) is 0 Å². The number of hydrogen-bond acceptors (Lipinski definition) is 6. The summed E-state index contributed by atoms with van der Waals surface area (Å²) in [6.07, 6.45) is 0. The molecule has 0 saturated heterocycles. The minimum atomic E-state index is 0.000300. The van der Waals surface area contributed by atoms with Crippen LogP contribution >= 0.6 is 22.7 Å². The monoisotopic (exact) mass is 458 g/mol. The molecule has 6 rings (SSSR count). The van der Waals surface area contributed by atoms with Gasteiger partial charge in [-0.3, -0.25) is 0 Å². The van der Waals surface area contributed by atoms with E-state index in [4.69, 9.17) is 21.4 Å². The molecule has 0 bridgehead atoms. The summed E-state index contributed by atoms with van der Waals surface area (Å²) in [5.41, 5.74) is 17.1. The number of anilines is 2. The molecule has 2 aromatic heterocycles. The van der Waals surface area contributed by atoms with Crippen molar-refractivity contribution >= 4 is 85.7 Å². The van der Waals surface area contributed by atoms with Crippen molar-refractivity contribution in [2.75, 3.05) is 11.5 Å². The summed E-state index contributed by atoms with van der Waals surface area (Å²) in [4.78, 5) is 9.64. The van der Waals surface area contributed by atoms with Crippen molar-refractivity contribution in [3.05, 3.63) is 35.4 Å². The molecule has 2 heterocycles. The van der Waals surface area contributed by atoms with E-state index < -0.39 is 0 Å². The number of hydrogen-bond donors (Lipinski definition) is 2. The largest absolute Gasteiger partial charge is 0.375 e. The number of nitrogen functional groups attached to an aromatic ring is 2. The van der Waals surface area contributed by atoms with Gasteiger partial charge in [-0.05, 0) is 46.2 Å². The first kappa shape index (κ1) is 19.9. The first-order valence-corrected chi connectivity index (χ1v) is 12.5. The lowest BCUT2D eigenvalue weighted by molar-refractivity contribution is 0.591. The zero-order chi connectivity index (χ0) is 22.7. The molecule has 6 aromatic rings. The third-order valence-corrected chi connectivity index (χ3v) is 8.38. The molecule has 0 saturated carbocycles. The number of aromatic nitrogens is 2. The van der Waals surface area contributed by atoms with E-state index in [1.54, 1.807) is 22.7 Å². The molecule has 6 heteroatoms. The Morgan fingerprint density at radius 2 is 0.938 bits per heavy atom. The molecule has 0 atom stereocenters. The molecule has 0 spiro atoms. The zero-order valence-corrected chi connectivity index (χ0v) is 20.8. The summed E-state index contributed by atoms with van der Waals surface area (Å²) in [6, 6.07) is 9.30. The fourth-order valence-corrected chi connectivity index (χ4v) is 6.56. The van der Waals surface area contributed by atoms with Crippen molar-refractivity contribution < 1.29 is 0 Å². The van der Waals surface area contributed by atoms with Crippen LogP contribution in [0.4, 0.5) is 10.3 Å². The molecule has 4 nitrogen and oxygen atoms in total. The van der Waals surface area contributed by atoms with Crippen LogP contribution in [0.1, 0.15) is 52.7 Å². The summed E-state index contributed by atoms with van der Waals surface area (Å²) >= 11 is 3.16. The van der Waals surface area contributed by atoms with Gasteiger partial charge in [0, 0.05) is 32.3 Å². The lowest BCUT2D eigenvalue weighted by Crippen LogP contribution is -2.12. The average Bonchev–Trinajstić information content (AvgIpc) is 3.27. The fourth-order valence-electron chi connectivity index (χ4n) is 4.82. The lowest BCUT2D eigenvalue weighted by Gasteiger charge is -2.24. The average molecular weight is 459 g/mol. The second-order valence-corrected chi connectivity index (χ2v) is 12.9. The maximum atomic E-state index is 6.28. The Morgan fingerprint density at radius 1 is 0.594 bits per heavy atom. The number of thiazole rings is 2. The third kappa shape index (κ3) is 2.60. The van der Waals surface area contributed by atoms with Gasteiger partial charge in [0.15, 0.2) is 10.3 Å². The summed E-state index contributed by atoms with van der Waals surface area (Å²) in [6.45, 7) is 13.5. The van der Waals surface area contributed by atoms with Crippen molar-refractivity contribution in [1.29, 1.82) is 0 Å². The van der Waals surface area contributed by atoms with Crippen LogP contribution in [0.5, 0.6) is 0 Å². The molecule has 0 aliphatic carbocycles. The van der Waals surface area contributed by atoms with E-state index >= 15 is 0 Å². The van der Waals surface area contributed by atoms with E-state index in [0.717, 1.165) is 20.4 Å². The molecule has 0 unspecified atom stereocenters. The van der Waals surface area contributed by atoms with Gasteiger partial charge < -0.3 is 11.5 Å². The molecule has 32 heavy (non-hydrogen) atoms. The molecule has 0 radical (unpaired) electrons. The van der Waals surface area contributed by atoms with Crippen LogP contribution in [0, 0.1) is 0 Å². The molecule has 4 aromatic carbocycles. The van der Waals surface area contributed by atoms with Crippen molar-refractivity contribution in [2.24, 2.45) is 0 Å². The van der Waals surface area contributed by atoms with E-state index in [9.17, 15) is 0 Å².